The van der Waals surface area contributed by atoms with Crippen LogP contribution in [0.2, 0.25) is 0 Å². The van der Waals surface area contributed by atoms with E-state index in [9.17, 15) is 4.79 Å². The van der Waals surface area contributed by atoms with Crippen LogP contribution in [0.3, 0.4) is 0 Å². The van der Waals surface area contributed by atoms with E-state index in [1.165, 1.54) is 24.6 Å². The summed E-state index contributed by atoms with van der Waals surface area (Å²) in [7, 11) is 0. The third kappa shape index (κ3) is 4.32. The molecule has 0 atom stereocenters. The highest BCUT2D eigenvalue weighted by atomic mass is 16.2. The molecule has 0 unspecified atom stereocenters. The summed E-state index contributed by atoms with van der Waals surface area (Å²) in [6.07, 6.45) is 5.94. The molecule has 1 amide bonds. The van der Waals surface area contributed by atoms with Crippen LogP contribution in [0.15, 0.2) is 47.6 Å². The number of rotatable bonds is 5. The third-order valence-electron chi connectivity index (χ3n) is 6.15. The van der Waals surface area contributed by atoms with Crippen molar-refractivity contribution in [3.63, 3.8) is 0 Å². The van der Waals surface area contributed by atoms with Crippen LogP contribution in [0.4, 0.5) is 0 Å². The Morgan fingerprint density at radius 2 is 1.81 bits per heavy atom. The normalized spacial score (nSPS) is 18.0. The molecule has 26 heavy (non-hydrogen) atoms. The first-order chi connectivity index (χ1) is 12.5. The molecular weight excluding hydrogens is 320 g/mol. The summed E-state index contributed by atoms with van der Waals surface area (Å²) in [5.41, 5.74) is 5.38. The third-order valence-corrected chi connectivity index (χ3v) is 6.15. The molecule has 0 spiro atoms. The maximum atomic E-state index is 12.4. The lowest BCUT2D eigenvalue weighted by Crippen LogP contribution is -2.29. The Hall–Kier alpha value is -2.16. The zero-order chi connectivity index (χ0) is 18.6. The molecule has 3 heteroatoms. The van der Waals surface area contributed by atoms with Crippen molar-refractivity contribution in [1.82, 2.24) is 5.43 Å². The van der Waals surface area contributed by atoms with Gasteiger partial charge in [-0.25, -0.2) is 5.43 Å². The fourth-order valence-corrected chi connectivity index (χ4v) is 3.93. The summed E-state index contributed by atoms with van der Waals surface area (Å²) >= 11 is 0. The Morgan fingerprint density at radius 1 is 1.12 bits per heavy atom. The lowest BCUT2D eigenvalue weighted by molar-refractivity contribution is -0.120. The SMILES string of the molecule is CCC(C)(C)C1CCC(=NNC(=O)Cc2cccc3ccccc23)CC1. The lowest BCUT2D eigenvalue weighted by atomic mass is 9.69. The van der Waals surface area contributed by atoms with Crippen molar-refractivity contribution in [3.8, 4) is 0 Å². The Bertz CT molecular complexity index is 791. The number of carbonyl (C=O) groups is 1. The minimum absolute atomic E-state index is 0.0372. The summed E-state index contributed by atoms with van der Waals surface area (Å²) < 4.78 is 0. The van der Waals surface area contributed by atoms with Gasteiger partial charge in [0.05, 0.1) is 6.42 Å². The van der Waals surface area contributed by atoms with Gasteiger partial charge in [-0.2, -0.15) is 5.10 Å². The molecule has 2 aromatic rings. The van der Waals surface area contributed by atoms with Crippen LogP contribution < -0.4 is 5.43 Å². The molecule has 138 valence electrons. The van der Waals surface area contributed by atoms with Gasteiger partial charge in [-0.05, 0) is 53.4 Å². The molecule has 1 saturated carbocycles. The highest BCUT2D eigenvalue weighted by molar-refractivity contribution is 5.91. The van der Waals surface area contributed by atoms with Crippen LogP contribution in [-0.4, -0.2) is 11.6 Å². The predicted octanol–water partition coefficient (Wildman–Crippen LogP) is 5.48. The summed E-state index contributed by atoms with van der Waals surface area (Å²) in [6, 6.07) is 14.3. The van der Waals surface area contributed by atoms with Crippen LogP contribution in [0, 0.1) is 11.3 Å². The van der Waals surface area contributed by atoms with Crippen LogP contribution in [0.1, 0.15) is 58.4 Å². The Balaban J connectivity index is 1.57. The molecule has 1 N–H and O–H groups in total. The number of carbonyl (C=O) groups excluding carboxylic acids is 1. The van der Waals surface area contributed by atoms with Gasteiger partial charge in [-0.3, -0.25) is 4.79 Å². The number of amides is 1. The molecule has 0 radical (unpaired) electrons. The van der Waals surface area contributed by atoms with Gasteiger partial charge in [0.25, 0.3) is 0 Å². The van der Waals surface area contributed by atoms with E-state index < -0.39 is 0 Å². The Morgan fingerprint density at radius 3 is 2.54 bits per heavy atom. The van der Waals surface area contributed by atoms with Crippen LogP contribution >= 0.6 is 0 Å². The molecule has 0 saturated heterocycles. The first-order valence-corrected chi connectivity index (χ1v) is 9.80. The fourth-order valence-electron chi connectivity index (χ4n) is 3.93. The second-order valence-corrected chi connectivity index (χ2v) is 8.14. The van der Waals surface area contributed by atoms with Crippen LogP contribution in [0.25, 0.3) is 10.8 Å². The average molecular weight is 351 g/mol. The molecule has 0 heterocycles. The second kappa shape index (κ2) is 8.03. The Labute approximate surface area is 156 Å². The largest absolute Gasteiger partial charge is 0.273 e. The van der Waals surface area contributed by atoms with Crippen LogP contribution in [-0.2, 0) is 11.2 Å². The smallest absolute Gasteiger partial charge is 0.244 e. The molecule has 0 bridgehead atoms. The fraction of sp³-hybridized carbons (Fsp3) is 0.478. The maximum Gasteiger partial charge on any atom is 0.244 e. The molecule has 0 aliphatic heterocycles. The molecule has 3 rings (SSSR count). The summed E-state index contributed by atoms with van der Waals surface area (Å²) in [6.45, 7) is 7.01. The maximum absolute atomic E-state index is 12.4. The standard InChI is InChI=1S/C23H30N2O/c1-4-23(2,3)19-12-14-20(15-13-19)24-25-22(26)16-18-10-7-9-17-8-5-6-11-21(17)18/h5-11,19H,4,12-16H2,1-3H3,(H,25,26). The van der Waals surface area contributed by atoms with Crippen molar-refractivity contribution in [2.45, 2.75) is 59.3 Å². The average Bonchev–Trinajstić information content (AvgIpc) is 2.67. The van der Waals surface area contributed by atoms with Crippen molar-refractivity contribution in [1.29, 1.82) is 0 Å². The number of nitrogens with zero attached hydrogens (tertiary/aromatic N) is 1. The Kier molecular flexibility index (Phi) is 5.75. The van der Waals surface area contributed by atoms with Gasteiger partial charge in [-0.15, -0.1) is 0 Å². The molecule has 1 fully saturated rings. The number of benzene rings is 2. The molecule has 1 aliphatic carbocycles. The first-order valence-electron chi connectivity index (χ1n) is 9.80. The van der Waals surface area contributed by atoms with Crippen molar-refractivity contribution < 1.29 is 4.79 Å². The lowest BCUT2D eigenvalue weighted by Gasteiger charge is -2.36. The highest BCUT2D eigenvalue weighted by Gasteiger charge is 2.30. The quantitative estimate of drug-likeness (QED) is 0.713. The van der Waals surface area contributed by atoms with Crippen molar-refractivity contribution >= 4 is 22.4 Å². The van der Waals surface area contributed by atoms with E-state index in [2.05, 4.69) is 49.5 Å². The van der Waals surface area contributed by atoms with Gasteiger partial charge in [0.1, 0.15) is 0 Å². The first kappa shape index (κ1) is 18.6. The van der Waals surface area contributed by atoms with Gasteiger partial charge < -0.3 is 0 Å². The summed E-state index contributed by atoms with van der Waals surface area (Å²) in [5.74, 6) is 0.725. The summed E-state index contributed by atoms with van der Waals surface area (Å²) in [4.78, 5) is 12.4. The minimum Gasteiger partial charge on any atom is -0.273 e. The second-order valence-electron chi connectivity index (χ2n) is 8.14. The molecule has 0 aromatic heterocycles. The zero-order valence-corrected chi connectivity index (χ0v) is 16.2. The zero-order valence-electron chi connectivity index (χ0n) is 16.2. The number of hydrazone groups is 1. The molecule has 3 nitrogen and oxygen atoms in total. The van der Waals surface area contributed by atoms with Gasteiger partial charge in [0.15, 0.2) is 0 Å². The van der Waals surface area contributed by atoms with Gasteiger partial charge in [0, 0.05) is 5.71 Å². The van der Waals surface area contributed by atoms with Crippen molar-refractivity contribution in [2.75, 3.05) is 0 Å². The number of nitrogens with one attached hydrogen (secondary N) is 1. The van der Waals surface area contributed by atoms with E-state index >= 15 is 0 Å². The highest BCUT2D eigenvalue weighted by Crippen LogP contribution is 2.39. The number of hydrogen-bond acceptors (Lipinski definition) is 2. The van der Waals surface area contributed by atoms with Gasteiger partial charge in [0.2, 0.25) is 5.91 Å². The van der Waals surface area contributed by atoms with E-state index in [1.807, 2.05) is 24.3 Å². The van der Waals surface area contributed by atoms with Crippen molar-refractivity contribution in [2.24, 2.45) is 16.4 Å². The molecule has 1 aliphatic rings. The summed E-state index contributed by atoms with van der Waals surface area (Å²) in [5, 5.41) is 6.73. The van der Waals surface area contributed by atoms with Crippen LogP contribution in [0.5, 0.6) is 0 Å². The minimum atomic E-state index is -0.0372. The van der Waals surface area contributed by atoms with E-state index in [0.717, 1.165) is 35.4 Å². The van der Waals surface area contributed by atoms with E-state index in [1.54, 1.807) is 0 Å². The van der Waals surface area contributed by atoms with Gasteiger partial charge >= 0.3 is 0 Å². The topological polar surface area (TPSA) is 41.5 Å². The number of fused-ring (bicyclic) bond motifs is 1. The predicted molar refractivity (Wildman–Crippen MR) is 109 cm³/mol. The van der Waals surface area contributed by atoms with E-state index in [0.29, 0.717) is 11.8 Å². The van der Waals surface area contributed by atoms with E-state index in [4.69, 9.17) is 0 Å². The monoisotopic (exact) mass is 350 g/mol. The van der Waals surface area contributed by atoms with Gasteiger partial charge in [-0.1, -0.05) is 69.7 Å². The number of hydrogen-bond donors (Lipinski definition) is 1. The molecular formula is C23H30N2O. The molecule has 2 aromatic carbocycles. The van der Waals surface area contributed by atoms with Crippen molar-refractivity contribution in [3.05, 3.63) is 48.0 Å². The van der Waals surface area contributed by atoms with E-state index in [-0.39, 0.29) is 5.91 Å².